The van der Waals surface area contributed by atoms with Gasteiger partial charge in [-0.2, -0.15) is 8.78 Å². The monoisotopic (exact) mass is 840 g/mol. The lowest BCUT2D eigenvalue weighted by Gasteiger charge is -2.24. The van der Waals surface area contributed by atoms with Crippen molar-refractivity contribution in [3.63, 3.8) is 0 Å². The summed E-state index contributed by atoms with van der Waals surface area (Å²) in [4.78, 5) is 66.5. The number of nitrogens with one attached hydrogen (secondary N) is 2. The van der Waals surface area contributed by atoms with Gasteiger partial charge in [0, 0.05) is 32.1 Å². The van der Waals surface area contributed by atoms with Crippen LogP contribution in [-0.4, -0.2) is 91.4 Å². The van der Waals surface area contributed by atoms with Crippen molar-refractivity contribution in [3.05, 3.63) is 125 Å². The molecule has 318 valence electrons. The third-order valence-electron chi connectivity index (χ3n) is 8.85. The predicted octanol–water partition coefficient (Wildman–Crippen LogP) is 6.82. The Morgan fingerprint density at radius 3 is 1.72 bits per heavy atom. The molecule has 13 nitrogen and oxygen atoms in total. The second kappa shape index (κ2) is 19.8. The Kier molecular flexibility index (Phi) is 14.7. The van der Waals surface area contributed by atoms with Gasteiger partial charge in [0.25, 0.3) is 0 Å². The molecule has 1 aliphatic rings. The molecule has 0 fully saturated rings. The number of benzene rings is 4. The summed E-state index contributed by atoms with van der Waals surface area (Å²) in [6.07, 6.45) is -2.83. The van der Waals surface area contributed by atoms with Crippen LogP contribution in [0.3, 0.4) is 0 Å². The number of ether oxygens (including phenoxy) is 4. The van der Waals surface area contributed by atoms with Gasteiger partial charge >= 0.3 is 24.2 Å². The van der Waals surface area contributed by atoms with Crippen LogP contribution in [-0.2, 0) is 30.4 Å². The smallest absolute Gasteiger partial charge is 0.410 e. The Morgan fingerprint density at radius 2 is 1.13 bits per heavy atom. The molecule has 2 N–H and O–H groups in total. The lowest BCUT2D eigenvalue weighted by atomic mass is 9.98. The fourth-order valence-electron chi connectivity index (χ4n) is 6.11. The van der Waals surface area contributed by atoms with Crippen molar-refractivity contribution >= 4 is 30.2 Å². The van der Waals surface area contributed by atoms with Crippen molar-refractivity contribution in [1.29, 1.82) is 0 Å². The number of nitrogens with zero attached hydrogens (tertiary/aromatic N) is 2. The van der Waals surface area contributed by atoms with Crippen LogP contribution in [0.25, 0.3) is 11.1 Å². The maximum absolute atomic E-state index is 14.3. The Labute approximate surface area is 341 Å². The predicted molar refractivity (Wildman–Crippen MR) is 204 cm³/mol. The zero-order valence-corrected chi connectivity index (χ0v) is 32.7. The Morgan fingerprint density at radius 1 is 0.633 bits per heavy atom. The highest BCUT2D eigenvalue weighted by atomic mass is 19.2. The molecule has 0 atom stereocenters. The number of hydrogen-bond donors (Lipinski definition) is 2. The van der Waals surface area contributed by atoms with Gasteiger partial charge in [0.05, 0.1) is 0 Å². The molecule has 0 aliphatic heterocycles. The van der Waals surface area contributed by atoms with E-state index in [1.165, 1.54) is 0 Å². The minimum Gasteiger partial charge on any atom is -0.448 e. The van der Waals surface area contributed by atoms with Crippen LogP contribution in [0.4, 0.5) is 36.3 Å². The number of esters is 1. The van der Waals surface area contributed by atoms with E-state index < -0.39 is 103 Å². The van der Waals surface area contributed by atoms with E-state index in [9.17, 15) is 45.9 Å². The molecule has 0 spiro atoms. The van der Waals surface area contributed by atoms with Crippen molar-refractivity contribution in [2.45, 2.75) is 38.9 Å². The first kappa shape index (κ1) is 44.4. The molecule has 60 heavy (non-hydrogen) atoms. The van der Waals surface area contributed by atoms with E-state index in [1.54, 1.807) is 51.1 Å². The van der Waals surface area contributed by atoms with Crippen LogP contribution in [0.15, 0.2) is 78.9 Å². The number of rotatable bonds is 15. The fraction of sp³-hybridized carbons (Fsp3) is 0.310. The molecule has 0 saturated carbocycles. The van der Waals surface area contributed by atoms with Gasteiger partial charge < -0.3 is 29.6 Å². The summed E-state index contributed by atoms with van der Waals surface area (Å²) in [6.45, 7) is 1.65. The van der Waals surface area contributed by atoms with Crippen molar-refractivity contribution in [3.8, 4) is 16.9 Å². The summed E-state index contributed by atoms with van der Waals surface area (Å²) >= 11 is 0. The molecule has 0 radical (unpaired) electrons. The number of hydrogen-bond acceptors (Lipinski definition) is 9. The number of alkyl carbamates (subject to hydrolysis) is 1. The first-order valence-electron chi connectivity index (χ1n) is 18.5. The highest BCUT2D eigenvalue weighted by Gasteiger charge is 2.32. The van der Waals surface area contributed by atoms with Crippen molar-refractivity contribution in [2.75, 3.05) is 45.9 Å². The normalized spacial score (nSPS) is 11.8. The van der Waals surface area contributed by atoms with Crippen LogP contribution in [0.1, 0.15) is 43.4 Å². The molecule has 0 unspecified atom stereocenters. The number of carbonyl (C=O) groups is 5. The van der Waals surface area contributed by atoms with Gasteiger partial charge in [-0.3, -0.25) is 14.6 Å². The van der Waals surface area contributed by atoms with E-state index in [4.69, 9.17) is 14.2 Å². The van der Waals surface area contributed by atoms with Crippen molar-refractivity contribution in [1.82, 2.24) is 20.4 Å². The summed E-state index contributed by atoms with van der Waals surface area (Å²) in [7, 11) is 0. The van der Waals surface area contributed by atoms with Gasteiger partial charge in [0.1, 0.15) is 31.9 Å². The third kappa shape index (κ3) is 11.5. The Bertz CT molecular complexity index is 2150. The van der Waals surface area contributed by atoms with Gasteiger partial charge in [-0.25, -0.2) is 32.3 Å². The quantitative estimate of drug-likeness (QED) is 0.0328. The highest BCUT2D eigenvalue weighted by molar-refractivity contribution is 5.83. The SMILES string of the molecule is CC(C)(C)OC(=O)NCCN(CC(=O)NCCN(CC(=O)Oc1c(F)c(F)c(F)c(F)c1F)C(=O)OCC1c2ccccc2-c2ccccc21)C(=O)OCc1ccccc1. The standard InChI is InChI=1S/C42H41F5N4O9/c1-42(2,3)60-39(54)49-18-20-50(40(55)57-23-25-11-5-4-6-12-25)21-31(52)48-17-19-51(22-32(53)59-38-36(46)34(44)33(43)35(45)37(38)47)41(56)58-24-30-28-15-9-7-13-26(28)27-14-8-10-16-29(27)30/h4-16,30H,17-24H2,1-3H3,(H,48,52)(H,49,54). The summed E-state index contributed by atoms with van der Waals surface area (Å²) in [6, 6.07) is 23.5. The topological polar surface area (TPSA) is 153 Å². The molecule has 0 bridgehead atoms. The molecular formula is C42H41F5N4O9. The summed E-state index contributed by atoms with van der Waals surface area (Å²) in [5, 5.41) is 4.97. The van der Waals surface area contributed by atoms with Crippen LogP contribution >= 0.6 is 0 Å². The van der Waals surface area contributed by atoms with E-state index in [2.05, 4.69) is 15.4 Å². The summed E-state index contributed by atoms with van der Waals surface area (Å²) in [5.41, 5.74) is 3.39. The number of carbonyl (C=O) groups excluding carboxylic acids is 5. The molecule has 0 aromatic heterocycles. The minimum absolute atomic E-state index is 0.131. The maximum atomic E-state index is 14.3. The number of fused-ring (bicyclic) bond motifs is 3. The average Bonchev–Trinajstić information content (AvgIpc) is 3.54. The first-order valence-corrected chi connectivity index (χ1v) is 18.5. The third-order valence-corrected chi connectivity index (χ3v) is 8.85. The van der Waals surface area contributed by atoms with E-state index in [0.717, 1.165) is 27.2 Å². The number of amides is 4. The van der Waals surface area contributed by atoms with Crippen LogP contribution < -0.4 is 15.4 Å². The number of halogens is 5. The Hall–Kier alpha value is -6.72. The van der Waals surface area contributed by atoms with E-state index in [-0.39, 0.29) is 26.3 Å². The second-order valence-corrected chi connectivity index (χ2v) is 14.3. The van der Waals surface area contributed by atoms with Crippen molar-refractivity contribution < 1.29 is 64.9 Å². The van der Waals surface area contributed by atoms with Crippen LogP contribution in [0.5, 0.6) is 5.75 Å². The van der Waals surface area contributed by atoms with Gasteiger partial charge in [0.15, 0.2) is 0 Å². The Balaban J connectivity index is 1.26. The largest absolute Gasteiger partial charge is 0.448 e. The molecule has 4 aromatic carbocycles. The molecule has 18 heteroatoms. The molecule has 5 rings (SSSR count). The molecule has 4 aromatic rings. The fourth-order valence-corrected chi connectivity index (χ4v) is 6.11. The van der Waals surface area contributed by atoms with E-state index in [1.807, 2.05) is 48.5 Å². The molecule has 0 heterocycles. The second-order valence-electron chi connectivity index (χ2n) is 14.3. The lowest BCUT2D eigenvalue weighted by Crippen LogP contribution is -2.47. The van der Waals surface area contributed by atoms with E-state index >= 15 is 0 Å². The zero-order valence-electron chi connectivity index (χ0n) is 32.7. The van der Waals surface area contributed by atoms with Gasteiger partial charge in [-0.1, -0.05) is 78.9 Å². The highest BCUT2D eigenvalue weighted by Crippen LogP contribution is 2.44. The molecule has 0 saturated heterocycles. The van der Waals surface area contributed by atoms with Crippen LogP contribution in [0, 0.1) is 29.1 Å². The first-order chi connectivity index (χ1) is 28.5. The van der Waals surface area contributed by atoms with Gasteiger partial charge in [-0.05, 0) is 48.6 Å². The van der Waals surface area contributed by atoms with E-state index in [0.29, 0.717) is 10.5 Å². The molecule has 1 aliphatic carbocycles. The summed E-state index contributed by atoms with van der Waals surface area (Å²) in [5.74, 6) is -16.7. The zero-order chi connectivity index (χ0) is 43.6. The maximum Gasteiger partial charge on any atom is 0.410 e. The summed E-state index contributed by atoms with van der Waals surface area (Å²) < 4.78 is 90.7. The minimum atomic E-state index is -2.47. The van der Waals surface area contributed by atoms with Crippen LogP contribution in [0.2, 0.25) is 0 Å². The molecular weight excluding hydrogens is 799 g/mol. The average molecular weight is 841 g/mol. The lowest BCUT2D eigenvalue weighted by molar-refractivity contribution is -0.135. The molecule has 4 amide bonds. The van der Waals surface area contributed by atoms with Gasteiger partial charge in [-0.15, -0.1) is 0 Å². The van der Waals surface area contributed by atoms with Gasteiger partial charge in [0.2, 0.25) is 40.7 Å². The van der Waals surface area contributed by atoms with Crippen molar-refractivity contribution in [2.24, 2.45) is 0 Å².